The molecule has 0 atom stereocenters. The molecule has 0 bridgehead atoms. The number of sulfonamides is 1. The fraction of sp³-hybridized carbons (Fsp3) is 0.667. The van der Waals surface area contributed by atoms with Crippen LogP contribution in [0.25, 0.3) is 0 Å². The fourth-order valence-electron chi connectivity index (χ4n) is 4.04. The maximum absolute atomic E-state index is 12.9. The maximum atomic E-state index is 12.9. The molecular formula is C21H32N2O3S. The SMILES string of the molecule is CC(C)(C)c1ccc(S(=O)(=O)N2CCN(C(=O)CC3CCCC3)CC2)cc1. The van der Waals surface area contributed by atoms with E-state index in [2.05, 4.69) is 20.8 Å². The van der Waals surface area contributed by atoms with Crippen LogP contribution in [0.1, 0.15) is 58.4 Å². The minimum atomic E-state index is -3.50. The molecule has 0 radical (unpaired) electrons. The monoisotopic (exact) mass is 392 g/mol. The minimum absolute atomic E-state index is 0.00635. The van der Waals surface area contributed by atoms with Crippen molar-refractivity contribution in [2.75, 3.05) is 26.2 Å². The molecule has 2 aliphatic rings. The standard InChI is InChI=1S/C21H32N2O3S/c1-21(2,3)18-8-10-19(11-9-18)27(25,26)23-14-12-22(13-15-23)20(24)16-17-6-4-5-7-17/h8-11,17H,4-7,12-16H2,1-3H3. The van der Waals surface area contributed by atoms with E-state index in [0.717, 1.165) is 18.4 Å². The normalized spacial score (nSPS) is 20.2. The molecule has 1 aromatic rings. The maximum Gasteiger partial charge on any atom is 0.243 e. The molecule has 0 spiro atoms. The third-order valence-electron chi connectivity index (χ3n) is 5.89. The van der Waals surface area contributed by atoms with Gasteiger partial charge in [-0.25, -0.2) is 8.42 Å². The largest absolute Gasteiger partial charge is 0.340 e. The van der Waals surface area contributed by atoms with E-state index < -0.39 is 10.0 Å². The molecule has 5 nitrogen and oxygen atoms in total. The van der Waals surface area contributed by atoms with Crippen LogP contribution in [0.3, 0.4) is 0 Å². The number of rotatable bonds is 4. The van der Waals surface area contributed by atoms with Crippen LogP contribution in [-0.2, 0) is 20.2 Å². The third-order valence-corrected chi connectivity index (χ3v) is 7.80. The summed E-state index contributed by atoms with van der Waals surface area (Å²) < 4.78 is 27.4. The molecule has 0 N–H and O–H groups in total. The van der Waals surface area contributed by atoms with Crippen LogP contribution in [0.4, 0.5) is 0 Å². The second-order valence-corrected chi connectivity index (χ2v) is 10.9. The molecule has 1 aromatic carbocycles. The number of carbonyl (C=O) groups is 1. The lowest BCUT2D eigenvalue weighted by atomic mass is 9.87. The second kappa shape index (κ2) is 7.92. The summed E-state index contributed by atoms with van der Waals surface area (Å²) in [5.74, 6) is 0.717. The van der Waals surface area contributed by atoms with Crippen LogP contribution < -0.4 is 0 Å². The Hall–Kier alpha value is -1.40. The molecule has 27 heavy (non-hydrogen) atoms. The first-order chi connectivity index (χ1) is 12.7. The van der Waals surface area contributed by atoms with Gasteiger partial charge in [0.15, 0.2) is 0 Å². The van der Waals surface area contributed by atoms with E-state index in [1.165, 1.54) is 17.1 Å². The second-order valence-electron chi connectivity index (χ2n) is 8.91. The van der Waals surface area contributed by atoms with Crippen molar-refractivity contribution in [2.24, 2.45) is 5.92 Å². The number of carbonyl (C=O) groups excluding carboxylic acids is 1. The third kappa shape index (κ3) is 4.72. The van der Waals surface area contributed by atoms with E-state index in [4.69, 9.17) is 0 Å². The predicted molar refractivity (Wildman–Crippen MR) is 107 cm³/mol. The summed E-state index contributed by atoms with van der Waals surface area (Å²) in [5, 5.41) is 0. The van der Waals surface area contributed by atoms with E-state index in [1.807, 2.05) is 17.0 Å². The van der Waals surface area contributed by atoms with Gasteiger partial charge in [0.2, 0.25) is 15.9 Å². The van der Waals surface area contributed by atoms with Crippen LogP contribution in [0.2, 0.25) is 0 Å². The number of amides is 1. The Labute approximate surface area is 163 Å². The van der Waals surface area contributed by atoms with Gasteiger partial charge in [-0.05, 0) is 41.9 Å². The molecule has 1 aliphatic carbocycles. The van der Waals surface area contributed by atoms with Gasteiger partial charge in [0.05, 0.1) is 4.90 Å². The van der Waals surface area contributed by atoms with E-state index in [1.54, 1.807) is 12.1 Å². The number of hydrogen-bond donors (Lipinski definition) is 0. The highest BCUT2D eigenvalue weighted by molar-refractivity contribution is 7.89. The zero-order valence-electron chi connectivity index (χ0n) is 16.8. The van der Waals surface area contributed by atoms with Crippen molar-refractivity contribution in [3.8, 4) is 0 Å². The van der Waals surface area contributed by atoms with E-state index >= 15 is 0 Å². The van der Waals surface area contributed by atoms with Crippen molar-refractivity contribution in [3.05, 3.63) is 29.8 Å². The number of piperazine rings is 1. The highest BCUT2D eigenvalue weighted by Gasteiger charge is 2.31. The molecule has 6 heteroatoms. The highest BCUT2D eigenvalue weighted by Crippen LogP contribution is 2.29. The molecular weight excluding hydrogens is 360 g/mol. The summed E-state index contributed by atoms with van der Waals surface area (Å²) >= 11 is 0. The van der Waals surface area contributed by atoms with Gasteiger partial charge in [-0.1, -0.05) is 45.7 Å². The van der Waals surface area contributed by atoms with E-state index in [0.29, 0.717) is 43.4 Å². The van der Waals surface area contributed by atoms with Crippen LogP contribution in [0.15, 0.2) is 29.2 Å². The van der Waals surface area contributed by atoms with Gasteiger partial charge >= 0.3 is 0 Å². The molecule has 1 saturated heterocycles. The Morgan fingerprint density at radius 3 is 2.07 bits per heavy atom. The number of hydrogen-bond acceptors (Lipinski definition) is 3. The first-order valence-corrected chi connectivity index (χ1v) is 11.5. The van der Waals surface area contributed by atoms with Crippen molar-refractivity contribution in [1.29, 1.82) is 0 Å². The van der Waals surface area contributed by atoms with Gasteiger partial charge in [0, 0.05) is 32.6 Å². The van der Waals surface area contributed by atoms with Gasteiger partial charge in [-0.2, -0.15) is 4.31 Å². The van der Waals surface area contributed by atoms with Crippen LogP contribution >= 0.6 is 0 Å². The first-order valence-electron chi connectivity index (χ1n) is 10.1. The van der Waals surface area contributed by atoms with Gasteiger partial charge in [0.25, 0.3) is 0 Å². The molecule has 2 fully saturated rings. The summed E-state index contributed by atoms with van der Waals surface area (Å²) in [6.07, 6.45) is 5.41. The van der Waals surface area contributed by atoms with Crippen molar-refractivity contribution < 1.29 is 13.2 Å². The molecule has 1 amide bonds. The van der Waals surface area contributed by atoms with Gasteiger partial charge in [0.1, 0.15) is 0 Å². The summed E-state index contributed by atoms with van der Waals surface area (Å²) in [6.45, 7) is 8.06. The first kappa shape index (κ1) is 20.3. The molecule has 150 valence electrons. The van der Waals surface area contributed by atoms with Crippen molar-refractivity contribution in [1.82, 2.24) is 9.21 Å². The fourth-order valence-corrected chi connectivity index (χ4v) is 5.47. The Balaban J connectivity index is 1.60. The van der Waals surface area contributed by atoms with E-state index in [9.17, 15) is 13.2 Å². The quantitative estimate of drug-likeness (QED) is 0.789. The topological polar surface area (TPSA) is 57.7 Å². The van der Waals surface area contributed by atoms with Crippen LogP contribution in [0, 0.1) is 5.92 Å². The van der Waals surface area contributed by atoms with Crippen LogP contribution in [-0.4, -0.2) is 49.7 Å². The summed E-state index contributed by atoms with van der Waals surface area (Å²) in [6, 6.07) is 7.20. The lowest BCUT2D eigenvalue weighted by Crippen LogP contribution is -2.50. The highest BCUT2D eigenvalue weighted by atomic mass is 32.2. The number of nitrogens with zero attached hydrogens (tertiary/aromatic N) is 2. The molecule has 0 unspecified atom stereocenters. The molecule has 1 saturated carbocycles. The van der Waals surface area contributed by atoms with Gasteiger partial charge in [-0.3, -0.25) is 4.79 Å². The molecule has 1 heterocycles. The molecule has 0 aromatic heterocycles. The summed E-state index contributed by atoms with van der Waals surface area (Å²) in [4.78, 5) is 14.6. The summed E-state index contributed by atoms with van der Waals surface area (Å²) in [7, 11) is -3.50. The number of benzene rings is 1. The van der Waals surface area contributed by atoms with Crippen molar-refractivity contribution in [2.45, 2.75) is 63.2 Å². The van der Waals surface area contributed by atoms with Gasteiger partial charge in [-0.15, -0.1) is 0 Å². The Kier molecular flexibility index (Phi) is 5.96. The van der Waals surface area contributed by atoms with Crippen molar-refractivity contribution in [3.63, 3.8) is 0 Å². The van der Waals surface area contributed by atoms with Crippen LogP contribution in [0.5, 0.6) is 0 Å². The lowest BCUT2D eigenvalue weighted by Gasteiger charge is -2.34. The summed E-state index contributed by atoms with van der Waals surface area (Å²) in [5.41, 5.74) is 1.11. The Morgan fingerprint density at radius 2 is 1.56 bits per heavy atom. The van der Waals surface area contributed by atoms with Gasteiger partial charge < -0.3 is 4.90 Å². The Bertz CT molecular complexity index is 752. The Morgan fingerprint density at radius 1 is 1.00 bits per heavy atom. The predicted octanol–water partition coefficient (Wildman–Crippen LogP) is 3.40. The molecule has 3 rings (SSSR count). The smallest absolute Gasteiger partial charge is 0.243 e. The zero-order valence-corrected chi connectivity index (χ0v) is 17.6. The van der Waals surface area contributed by atoms with Crippen molar-refractivity contribution >= 4 is 15.9 Å². The average Bonchev–Trinajstić information content (AvgIpc) is 3.14. The average molecular weight is 393 g/mol. The molecule has 1 aliphatic heterocycles. The van der Waals surface area contributed by atoms with E-state index in [-0.39, 0.29) is 11.3 Å². The zero-order chi connectivity index (χ0) is 19.7. The minimum Gasteiger partial charge on any atom is -0.340 e. The lowest BCUT2D eigenvalue weighted by molar-refractivity contribution is -0.133.